The zero-order valence-corrected chi connectivity index (χ0v) is 12.2. The standard InChI is InChI=1S/C12H11ClN2O2S2/c13-11-3-4-12(18-11)19(16,17)15-6-5-8-7-9(14)1-2-10(8)15/h1-4,7H,5-6,14H2. The number of hydrogen-bond donors (Lipinski definition) is 1. The van der Waals surface area contributed by atoms with Crippen LogP contribution in [0.4, 0.5) is 11.4 Å². The molecule has 19 heavy (non-hydrogen) atoms. The first kappa shape index (κ1) is 12.8. The van der Waals surface area contributed by atoms with Crippen LogP contribution in [0.3, 0.4) is 0 Å². The molecule has 1 aromatic carbocycles. The van der Waals surface area contributed by atoms with Crippen LogP contribution in [0, 0.1) is 0 Å². The zero-order chi connectivity index (χ0) is 13.6. The van der Waals surface area contributed by atoms with Crippen molar-refractivity contribution in [2.45, 2.75) is 10.6 Å². The smallest absolute Gasteiger partial charge is 0.273 e. The molecular formula is C12H11ClN2O2S2. The highest BCUT2D eigenvalue weighted by molar-refractivity contribution is 7.94. The number of benzene rings is 1. The molecule has 2 aromatic rings. The van der Waals surface area contributed by atoms with E-state index in [-0.39, 0.29) is 4.21 Å². The first-order valence-electron chi connectivity index (χ1n) is 5.65. The number of hydrogen-bond acceptors (Lipinski definition) is 4. The van der Waals surface area contributed by atoms with Crippen molar-refractivity contribution in [2.24, 2.45) is 0 Å². The molecule has 7 heteroatoms. The minimum atomic E-state index is -3.52. The molecule has 0 saturated heterocycles. The molecule has 2 N–H and O–H groups in total. The summed E-state index contributed by atoms with van der Waals surface area (Å²) in [4.78, 5) is 0. The van der Waals surface area contributed by atoms with Crippen molar-refractivity contribution >= 4 is 44.3 Å². The van der Waals surface area contributed by atoms with Crippen LogP contribution >= 0.6 is 22.9 Å². The minimum Gasteiger partial charge on any atom is -0.399 e. The molecule has 4 nitrogen and oxygen atoms in total. The second-order valence-electron chi connectivity index (χ2n) is 4.27. The van der Waals surface area contributed by atoms with Gasteiger partial charge in [0.1, 0.15) is 4.21 Å². The Morgan fingerprint density at radius 2 is 2.05 bits per heavy atom. The van der Waals surface area contributed by atoms with Crippen LogP contribution in [0.5, 0.6) is 0 Å². The summed E-state index contributed by atoms with van der Waals surface area (Å²) in [6.07, 6.45) is 0.679. The van der Waals surface area contributed by atoms with Crippen LogP contribution in [0.1, 0.15) is 5.56 Å². The molecule has 0 saturated carbocycles. The number of rotatable bonds is 2. The van der Waals surface area contributed by atoms with Gasteiger partial charge >= 0.3 is 0 Å². The van der Waals surface area contributed by atoms with Crippen molar-refractivity contribution in [1.82, 2.24) is 0 Å². The first-order chi connectivity index (χ1) is 8.98. The van der Waals surface area contributed by atoms with Crippen molar-refractivity contribution in [3.63, 3.8) is 0 Å². The summed E-state index contributed by atoms with van der Waals surface area (Å²) < 4.78 is 27.2. The fourth-order valence-corrected chi connectivity index (χ4v) is 5.29. The normalized spacial score (nSPS) is 14.7. The van der Waals surface area contributed by atoms with Gasteiger partial charge in [0.2, 0.25) is 0 Å². The van der Waals surface area contributed by atoms with Crippen LogP contribution < -0.4 is 10.0 Å². The molecule has 1 aliphatic heterocycles. The van der Waals surface area contributed by atoms with E-state index in [0.717, 1.165) is 16.9 Å². The van der Waals surface area contributed by atoms with Gasteiger partial charge in [0.25, 0.3) is 10.0 Å². The quantitative estimate of drug-likeness (QED) is 0.867. The third-order valence-corrected chi connectivity index (χ3v) is 6.56. The highest BCUT2D eigenvalue weighted by atomic mass is 35.5. The number of thiophene rings is 1. The predicted molar refractivity (Wildman–Crippen MR) is 78.4 cm³/mol. The Bertz CT molecular complexity index is 740. The fraction of sp³-hybridized carbons (Fsp3) is 0.167. The van der Waals surface area contributed by atoms with E-state index < -0.39 is 10.0 Å². The van der Waals surface area contributed by atoms with Crippen molar-refractivity contribution in [3.8, 4) is 0 Å². The van der Waals surface area contributed by atoms with Gasteiger partial charge in [0.05, 0.1) is 10.0 Å². The molecule has 0 spiro atoms. The monoisotopic (exact) mass is 314 g/mol. The number of nitrogens with zero attached hydrogens (tertiary/aromatic N) is 1. The lowest BCUT2D eigenvalue weighted by atomic mass is 10.1. The summed E-state index contributed by atoms with van der Waals surface area (Å²) >= 11 is 6.88. The van der Waals surface area contributed by atoms with E-state index in [1.54, 1.807) is 18.2 Å². The molecule has 0 amide bonds. The third-order valence-electron chi connectivity index (χ3n) is 3.05. The molecule has 1 aliphatic rings. The van der Waals surface area contributed by atoms with E-state index in [9.17, 15) is 8.42 Å². The second-order valence-corrected chi connectivity index (χ2v) is 8.08. The maximum Gasteiger partial charge on any atom is 0.273 e. The average molecular weight is 315 g/mol. The minimum absolute atomic E-state index is 0.266. The average Bonchev–Trinajstić information content (AvgIpc) is 2.95. The molecule has 0 unspecified atom stereocenters. The first-order valence-corrected chi connectivity index (χ1v) is 8.28. The maximum absolute atomic E-state index is 12.5. The molecule has 0 bridgehead atoms. The van der Waals surface area contributed by atoms with Gasteiger partial charge in [-0.05, 0) is 42.3 Å². The van der Waals surface area contributed by atoms with E-state index >= 15 is 0 Å². The van der Waals surface area contributed by atoms with E-state index in [4.69, 9.17) is 17.3 Å². The van der Waals surface area contributed by atoms with Crippen LogP contribution in [0.2, 0.25) is 4.34 Å². The topological polar surface area (TPSA) is 63.4 Å². The summed E-state index contributed by atoms with van der Waals surface area (Å²) in [5, 5.41) is 0. The SMILES string of the molecule is Nc1ccc2c(c1)CCN2S(=O)(=O)c1ccc(Cl)s1. The Hall–Kier alpha value is -1.24. The van der Waals surface area contributed by atoms with Crippen LogP contribution in [0.15, 0.2) is 34.5 Å². The van der Waals surface area contributed by atoms with E-state index in [1.165, 1.54) is 10.4 Å². The largest absolute Gasteiger partial charge is 0.399 e. The highest BCUT2D eigenvalue weighted by Crippen LogP contribution is 2.36. The Balaban J connectivity index is 2.06. The van der Waals surface area contributed by atoms with Gasteiger partial charge in [-0.15, -0.1) is 11.3 Å². The summed E-state index contributed by atoms with van der Waals surface area (Å²) in [6.45, 7) is 0.441. The molecule has 0 fully saturated rings. The fourth-order valence-electron chi connectivity index (χ4n) is 2.19. The number of halogens is 1. The Morgan fingerprint density at radius 3 is 2.74 bits per heavy atom. The summed E-state index contributed by atoms with van der Waals surface area (Å²) in [7, 11) is -3.52. The van der Waals surface area contributed by atoms with E-state index in [1.807, 2.05) is 6.07 Å². The number of nitrogen functional groups attached to an aromatic ring is 1. The Labute approximate surface area is 120 Å². The van der Waals surface area contributed by atoms with Crippen LogP contribution in [-0.4, -0.2) is 15.0 Å². The van der Waals surface area contributed by atoms with Gasteiger partial charge in [0.15, 0.2) is 0 Å². The molecular weight excluding hydrogens is 304 g/mol. The summed E-state index contributed by atoms with van der Waals surface area (Å²) in [5.41, 5.74) is 8.04. The molecule has 0 atom stereocenters. The van der Waals surface area contributed by atoms with Crippen molar-refractivity contribution in [2.75, 3.05) is 16.6 Å². The van der Waals surface area contributed by atoms with Gasteiger partial charge < -0.3 is 5.73 Å². The third kappa shape index (κ3) is 2.09. The molecule has 100 valence electrons. The second kappa shape index (κ2) is 4.40. The van der Waals surface area contributed by atoms with Crippen molar-refractivity contribution in [1.29, 1.82) is 0 Å². The lowest BCUT2D eigenvalue weighted by Crippen LogP contribution is -2.28. The van der Waals surface area contributed by atoms with Gasteiger partial charge in [-0.1, -0.05) is 11.6 Å². The maximum atomic E-state index is 12.5. The predicted octanol–water partition coefficient (Wildman–Crippen LogP) is 2.74. The summed E-state index contributed by atoms with van der Waals surface area (Å²) in [6, 6.07) is 8.43. The Kier molecular flexibility index (Phi) is 2.96. The molecule has 2 heterocycles. The van der Waals surface area contributed by atoms with Crippen LogP contribution in [-0.2, 0) is 16.4 Å². The lowest BCUT2D eigenvalue weighted by molar-refractivity contribution is 0.594. The van der Waals surface area contributed by atoms with Crippen molar-refractivity contribution < 1.29 is 8.42 Å². The molecule has 3 rings (SSSR count). The van der Waals surface area contributed by atoms with Gasteiger partial charge in [-0.3, -0.25) is 4.31 Å². The van der Waals surface area contributed by atoms with Gasteiger partial charge in [-0.2, -0.15) is 0 Å². The number of anilines is 2. The van der Waals surface area contributed by atoms with Gasteiger partial charge in [-0.25, -0.2) is 8.42 Å². The lowest BCUT2D eigenvalue weighted by Gasteiger charge is -2.18. The van der Waals surface area contributed by atoms with E-state index in [0.29, 0.717) is 28.7 Å². The zero-order valence-electron chi connectivity index (χ0n) is 9.84. The number of sulfonamides is 1. The molecule has 0 aliphatic carbocycles. The van der Waals surface area contributed by atoms with Gasteiger partial charge in [0, 0.05) is 12.2 Å². The van der Waals surface area contributed by atoms with Crippen molar-refractivity contribution in [3.05, 3.63) is 40.2 Å². The molecule has 0 radical (unpaired) electrons. The highest BCUT2D eigenvalue weighted by Gasteiger charge is 2.31. The Morgan fingerprint density at radius 1 is 1.26 bits per heavy atom. The van der Waals surface area contributed by atoms with E-state index in [2.05, 4.69) is 0 Å². The number of nitrogens with two attached hydrogens (primary N) is 1. The van der Waals surface area contributed by atoms with Crippen LogP contribution in [0.25, 0.3) is 0 Å². The molecule has 1 aromatic heterocycles. The summed E-state index contributed by atoms with van der Waals surface area (Å²) in [5.74, 6) is 0. The number of fused-ring (bicyclic) bond motifs is 1.